The minimum absolute atomic E-state index is 0.143. The van der Waals surface area contributed by atoms with Crippen LogP contribution in [0.15, 0.2) is 60.7 Å². The Morgan fingerprint density at radius 3 is 2.00 bits per heavy atom. The third kappa shape index (κ3) is 3.47. The van der Waals surface area contributed by atoms with Crippen molar-refractivity contribution in [2.45, 2.75) is 45.6 Å². The average molecular weight is 469 g/mol. The lowest BCUT2D eigenvalue weighted by Gasteiger charge is -2.37. The lowest BCUT2D eigenvalue weighted by atomic mass is 9.63. The van der Waals surface area contributed by atoms with Gasteiger partial charge < -0.3 is 5.32 Å². The maximum Gasteiger partial charge on any atom is 0.248 e. The van der Waals surface area contributed by atoms with Crippen LogP contribution in [0.3, 0.4) is 0 Å². The van der Waals surface area contributed by atoms with Crippen molar-refractivity contribution < 1.29 is 14.4 Å². The van der Waals surface area contributed by atoms with Crippen molar-refractivity contribution in [3.05, 3.63) is 77.4 Å². The van der Waals surface area contributed by atoms with Crippen LogP contribution in [-0.2, 0) is 33.6 Å². The Morgan fingerprint density at radius 2 is 1.46 bits per heavy atom. The summed E-state index contributed by atoms with van der Waals surface area (Å²) in [5.41, 5.74) is 3.88. The van der Waals surface area contributed by atoms with E-state index in [0.29, 0.717) is 18.3 Å². The van der Waals surface area contributed by atoms with Crippen LogP contribution in [-0.4, -0.2) is 28.7 Å². The van der Waals surface area contributed by atoms with Gasteiger partial charge in [-0.1, -0.05) is 74.5 Å². The predicted molar refractivity (Wildman–Crippen MR) is 134 cm³/mol. The highest BCUT2D eigenvalue weighted by molar-refractivity contribution is 6.11. The summed E-state index contributed by atoms with van der Waals surface area (Å²) in [5.74, 6) is 0.160. The zero-order chi connectivity index (χ0) is 24.3. The maximum atomic E-state index is 13.9. The molecule has 2 saturated carbocycles. The number of allylic oxidation sites excluding steroid dienone is 2. The Bertz CT molecular complexity index is 1160. The van der Waals surface area contributed by atoms with Gasteiger partial charge in [0.2, 0.25) is 17.7 Å². The second-order valence-corrected chi connectivity index (χ2v) is 10.6. The lowest BCUT2D eigenvalue weighted by Crippen LogP contribution is -2.49. The molecule has 5 aliphatic rings. The molecule has 2 aromatic rings. The number of amides is 3. The number of hydrogen-bond acceptors (Lipinski definition) is 3. The molecular weight excluding hydrogens is 436 g/mol. The molecule has 3 fully saturated rings. The van der Waals surface area contributed by atoms with Gasteiger partial charge in [-0.05, 0) is 59.6 Å². The highest BCUT2D eigenvalue weighted by atomic mass is 16.2. The number of likely N-dealkylation sites (tertiary alicyclic amines) is 1. The molecule has 2 bridgehead atoms. The maximum absolute atomic E-state index is 13.9. The second kappa shape index (κ2) is 8.47. The molecule has 5 nitrogen and oxygen atoms in total. The fraction of sp³-hybridized carbons (Fsp3) is 0.433. The molecule has 1 heterocycles. The van der Waals surface area contributed by atoms with Gasteiger partial charge in [0.15, 0.2) is 0 Å². The molecule has 4 aliphatic carbocycles. The Hall–Kier alpha value is -3.21. The van der Waals surface area contributed by atoms with E-state index in [9.17, 15) is 14.4 Å². The fourth-order valence-corrected chi connectivity index (χ4v) is 7.04. The summed E-state index contributed by atoms with van der Waals surface area (Å²) in [6.07, 6.45) is 7.36. The van der Waals surface area contributed by atoms with Crippen LogP contribution < -0.4 is 5.32 Å². The summed E-state index contributed by atoms with van der Waals surface area (Å²) >= 11 is 0. The summed E-state index contributed by atoms with van der Waals surface area (Å²) < 4.78 is 0. The van der Waals surface area contributed by atoms with E-state index in [1.165, 1.54) is 4.90 Å². The van der Waals surface area contributed by atoms with Crippen molar-refractivity contribution >= 4 is 23.4 Å². The van der Waals surface area contributed by atoms with Gasteiger partial charge in [0.1, 0.15) is 6.04 Å². The monoisotopic (exact) mass is 468 g/mol. The van der Waals surface area contributed by atoms with E-state index in [1.807, 2.05) is 48.5 Å². The Labute approximate surface area is 206 Å². The quantitative estimate of drug-likeness (QED) is 0.483. The zero-order valence-corrected chi connectivity index (χ0v) is 20.3. The van der Waals surface area contributed by atoms with E-state index in [4.69, 9.17) is 0 Å². The molecule has 0 radical (unpaired) electrons. The third-order valence-electron chi connectivity index (χ3n) is 8.83. The summed E-state index contributed by atoms with van der Waals surface area (Å²) in [4.78, 5) is 42.9. The van der Waals surface area contributed by atoms with Gasteiger partial charge in [0, 0.05) is 12.1 Å². The van der Waals surface area contributed by atoms with Crippen LogP contribution in [0.4, 0.5) is 5.69 Å². The number of hydrogen-bond donors (Lipinski definition) is 1. The topological polar surface area (TPSA) is 66.5 Å². The van der Waals surface area contributed by atoms with Crippen molar-refractivity contribution in [2.75, 3.05) is 5.32 Å². The van der Waals surface area contributed by atoms with Gasteiger partial charge >= 0.3 is 0 Å². The van der Waals surface area contributed by atoms with Gasteiger partial charge in [0.25, 0.3) is 0 Å². The molecule has 5 heteroatoms. The van der Waals surface area contributed by atoms with Crippen LogP contribution in [0.2, 0.25) is 0 Å². The first-order chi connectivity index (χ1) is 17.0. The molecule has 1 saturated heterocycles. The molecule has 3 amide bonds. The van der Waals surface area contributed by atoms with Gasteiger partial charge in [-0.15, -0.1) is 0 Å². The molecule has 7 atom stereocenters. The first-order valence-corrected chi connectivity index (χ1v) is 13.0. The van der Waals surface area contributed by atoms with Gasteiger partial charge in [-0.2, -0.15) is 0 Å². The largest absolute Gasteiger partial charge is 0.324 e. The van der Waals surface area contributed by atoms with E-state index >= 15 is 0 Å². The predicted octanol–water partition coefficient (Wildman–Crippen LogP) is 4.41. The number of carbonyl (C=O) groups excluding carboxylic acids is 3. The van der Waals surface area contributed by atoms with Crippen LogP contribution in [0, 0.1) is 35.5 Å². The summed E-state index contributed by atoms with van der Waals surface area (Å²) in [7, 11) is 0. The fourth-order valence-electron chi connectivity index (χ4n) is 7.04. The lowest BCUT2D eigenvalue weighted by molar-refractivity contribution is -0.146. The molecule has 7 rings (SSSR count). The number of imide groups is 1. The SMILES string of the molecule is CCc1cccc(CC)c1NC(=O)C(Cc1ccccc1)N1C(=O)C2C3C=CC(C4CC34)C2C1=O. The number of benzene rings is 2. The minimum Gasteiger partial charge on any atom is -0.324 e. The van der Waals surface area contributed by atoms with Crippen LogP contribution in [0.25, 0.3) is 0 Å². The van der Waals surface area contributed by atoms with E-state index in [1.54, 1.807) is 0 Å². The summed E-state index contributed by atoms with van der Waals surface area (Å²) in [6.45, 7) is 4.14. The number of aryl methyl sites for hydroxylation is 2. The second-order valence-electron chi connectivity index (χ2n) is 10.6. The minimum atomic E-state index is -0.867. The number of para-hydroxylation sites is 1. The zero-order valence-electron chi connectivity index (χ0n) is 20.3. The highest BCUT2D eigenvalue weighted by Crippen LogP contribution is 2.65. The molecule has 180 valence electrons. The van der Waals surface area contributed by atoms with Crippen LogP contribution in [0.1, 0.15) is 37.0 Å². The van der Waals surface area contributed by atoms with Gasteiger partial charge in [-0.25, -0.2) is 0 Å². The Kier molecular flexibility index (Phi) is 5.39. The Morgan fingerprint density at radius 1 is 0.886 bits per heavy atom. The van der Waals surface area contributed by atoms with E-state index in [-0.39, 0.29) is 41.4 Å². The van der Waals surface area contributed by atoms with Crippen LogP contribution >= 0.6 is 0 Å². The van der Waals surface area contributed by atoms with Crippen LogP contribution in [0.5, 0.6) is 0 Å². The van der Waals surface area contributed by atoms with Crippen molar-refractivity contribution in [3.63, 3.8) is 0 Å². The molecule has 1 N–H and O–H groups in total. The van der Waals surface area contributed by atoms with E-state index in [0.717, 1.165) is 41.6 Å². The molecule has 0 aromatic heterocycles. The van der Waals surface area contributed by atoms with Gasteiger partial charge in [-0.3, -0.25) is 19.3 Å². The smallest absolute Gasteiger partial charge is 0.248 e. The first kappa shape index (κ1) is 22.3. The van der Waals surface area contributed by atoms with Crippen molar-refractivity contribution in [2.24, 2.45) is 35.5 Å². The molecule has 7 unspecified atom stereocenters. The number of rotatable bonds is 7. The van der Waals surface area contributed by atoms with E-state index < -0.39 is 6.04 Å². The van der Waals surface area contributed by atoms with Crippen molar-refractivity contribution in [1.29, 1.82) is 0 Å². The number of anilines is 1. The molecule has 35 heavy (non-hydrogen) atoms. The summed E-state index contributed by atoms with van der Waals surface area (Å²) in [6, 6.07) is 14.9. The average Bonchev–Trinajstić information content (AvgIpc) is 3.67. The first-order valence-electron chi connectivity index (χ1n) is 13.0. The normalized spacial score (nSPS) is 30.7. The summed E-state index contributed by atoms with van der Waals surface area (Å²) in [5, 5.41) is 3.16. The number of nitrogens with one attached hydrogen (secondary N) is 1. The third-order valence-corrected chi connectivity index (χ3v) is 8.83. The standard InChI is InChI=1S/C30H32N2O3/c1-3-18-11-8-12-19(4-2)27(18)31-28(33)24(15-17-9-6-5-7-10-17)32-29(34)25-20-13-14-21(23-16-22(20)23)26(25)30(32)35/h5-14,20-26H,3-4,15-16H2,1-2H3,(H,31,33). The molecule has 2 aromatic carbocycles. The number of nitrogens with zero attached hydrogens (tertiary/aromatic N) is 1. The van der Waals surface area contributed by atoms with Crippen molar-refractivity contribution in [3.8, 4) is 0 Å². The highest BCUT2D eigenvalue weighted by Gasteiger charge is 2.67. The van der Waals surface area contributed by atoms with Gasteiger partial charge in [0.05, 0.1) is 11.8 Å². The Balaban J connectivity index is 1.35. The van der Waals surface area contributed by atoms with Crippen molar-refractivity contribution in [1.82, 2.24) is 4.90 Å². The molecule has 1 aliphatic heterocycles. The molecular formula is C30H32N2O3. The van der Waals surface area contributed by atoms with E-state index in [2.05, 4.69) is 31.3 Å². The number of carbonyl (C=O) groups is 3. The molecule has 0 spiro atoms.